The number of furan rings is 1. The Morgan fingerprint density at radius 3 is 2.04 bits per heavy atom. The van der Waals surface area contributed by atoms with Crippen LogP contribution in [0.2, 0.25) is 0 Å². The average molecular weight is 734 g/mol. The number of phenols is 1. The van der Waals surface area contributed by atoms with E-state index in [1.54, 1.807) is 6.07 Å². The third-order valence-electron chi connectivity index (χ3n) is 11.9. The lowest BCUT2D eigenvalue weighted by molar-refractivity contribution is 0.325. The number of phenolic OH excluding ortho intramolecular Hbond substituents is 1. The SMILES string of the molecule is CC(C)c1cccc(C(C)C)c1-c1cc(Oc2cccc(-c3ccc4c(c3)oc3nc5c(cc34)CC3(Cc4ccccc4C3)C5)n2)nc(-c2ccccc2O)c1. The van der Waals surface area contributed by atoms with Gasteiger partial charge in [0.1, 0.15) is 11.3 Å². The lowest BCUT2D eigenvalue weighted by atomic mass is 9.82. The van der Waals surface area contributed by atoms with Crippen LogP contribution >= 0.6 is 0 Å². The van der Waals surface area contributed by atoms with Gasteiger partial charge in [-0.15, -0.1) is 0 Å². The van der Waals surface area contributed by atoms with E-state index in [1.807, 2.05) is 42.5 Å². The molecular weight excluding hydrogens is 691 g/mol. The van der Waals surface area contributed by atoms with Crippen molar-refractivity contribution in [2.45, 2.75) is 65.2 Å². The zero-order valence-electron chi connectivity index (χ0n) is 32.1. The van der Waals surface area contributed by atoms with Gasteiger partial charge in [0, 0.05) is 39.7 Å². The molecule has 1 spiro atoms. The molecule has 0 atom stereocenters. The summed E-state index contributed by atoms with van der Waals surface area (Å²) in [7, 11) is 0. The average Bonchev–Trinajstić information content (AvgIpc) is 3.86. The summed E-state index contributed by atoms with van der Waals surface area (Å²) in [5, 5.41) is 13.0. The van der Waals surface area contributed by atoms with Crippen molar-refractivity contribution >= 4 is 22.1 Å². The standard InChI is InChI=1S/C50H43N3O3/c1-29(2)36-14-9-15-37(30(3)4)48(36)34-22-42(39-13-7-8-17-44(39)54)52-47(24-34)56-46-18-10-16-41(51-46)31-19-20-38-40-21-35-27-50(25-32-11-5-6-12-33(32)26-50)28-43(35)53-49(40)55-45(38)23-31/h5-24,29-30,54H,25-28H2,1-4H3. The van der Waals surface area contributed by atoms with Gasteiger partial charge >= 0.3 is 0 Å². The minimum Gasteiger partial charge on any atom is -0.507 e. The second-order valence-electron chi connectivity index (χ2n) is 16.4. The number of rotatable bonds is 7. The Morgan fingerprint density at radius 2 is 1.29 bits per heavy atom. The van der Waals surface area contributed by atoms with Crippen LogP contribution in [-0.2, 0) is 25.7 Å². The predicted molar refractivity (Wildman–Crippen MR) is 223 cm³/mol. The van der Waals surface area contributed by atoms with Crippen LogP contribution in [0.15, 0.2) is 126 Å². The van der Waals surface area contributed by atoms with Crippen LogP contribution in [0.3, 0.4) is 0 Å². The van der Waals surface area contributed by atoms with Crippen molar-refractivity contribution in [1.82, 2.24) is 15.0 Å². The van der Waals surface area contributed by atoms with Gasteiger partial charge in [0.15, 0.2) is 0 Å². The maximum Gasteiger partial charge on any atom is 0.227 e. The number of hydrogen-bond donors (Lipinski definition) is 1. The molecule has 0 bridgehead atoms. The molecule has 10 rings (SSSR count). The lowest BCUT2D eigenvalue weighted by Crippen LogP contribution is -2.21. The van der Waals surface area contributed by atoms with E-state index in [4.69, 9.17) is 24.1 Å². The van der Waals surface area contributed by atoms with E-state index in [1.165, 1.54) is 39.1 Å². The van der Waals surface area contributed by atoms with Crippen LogP contribution < -0.4 is 4.74 Å². The third-order valence-corrected chi connectivity index (χ3v) is 11.9. The van der Waals surface area contributed by atoms with Crippen molar-refractivity contribution in [1.29, 1.82) is 0 Å². The Morgan fingerprint density at radius 1 is 0.589 bits per heavy atom. The Balaban J connectivity index is 0.984. The highest BCUT2D eigenvalue weighted by Crippen LogP contribution is 2.48. The van der Waals surface area contributed by atoms with E-state index in [-0.39, 0.29) is 11.2 Å². The number of nitrogens with zero attached hydrogens (tertiary/aromatic N) is 3. The van der Waals surface area contributed by atoms with Gasteiger partial charge in [-0.25, -0.2) is 15.0 Å². The van der Waals surface area contributed by atoms with Crippen molar-refractivity contribution in [3.8, 4) is 51.2 Å². The largest absolute Gasteiger partial charge is 0.507 e. The minimum atomic E-state index is 0.161. The van der Waals surface area contributed by atoms with E-state index < -0.39 is 0 Å². The molecule has 0 saturated carbocycles. The highest BCUT2D eigenvalue weighted by atomic mass is 16.5. The molecule has 8 aromatic rings. The van der Waals surface area contributed by atoms with Gasteiger partial charge in [-0.1, -0.05) is 94.4 Å². The summed E-state index contributed by atoms with van der Waals surface area (Å²) < 4.78 is 13.0. The Labute approximate surface area is 326 Å². The maximum absolute atomic E-state index is 10.9. The molecule has 0 amide bonds. The number of aromatic nitrogens is 3. The van der Waals surface area contributed by atoms with Crippen molar-refractivity contribution in [2.75, 3.05) is 0 Å². The van der Waals surface area contributed by atoms with Crippen LogP contribution in [0.4, 0.5) is 0 Å². The van der Waals surface area contributed by atoms with Crippen LogP contribution in [0.1, 0.15) is 73.0 Å². The number of fused-ring (bicyclic) bond motifs is 5. The van der Waals surface area contributed by atoms with Gasteiger partial charge < -0.3 is 14.3 Å². The van der Waals surface area contributed by atoms with Crippen molar-refractivity contribution in [2.24, 2.45) is 5.41 Å². The zero-order valence-corrected chi connectivity index (χ0v) is 32.1. The first-order valence-corrected chi connectivity index (χ1v) is 19.7. The Hall–Kier alpha value is -6.27. The van der Waals surface area contributed by atoms with E-state index in [2.05, 4.69) is 100 Å². The molecule has 56 heavy (non-hydrogen) atoms. The molecule has 0 aliphatic heterocycles. The summed E-state index contributed by atoms with van der Waals surface area (Å²) >= 11 is 0. The summed E-state index contributed by atoms with van der Waals surface area (Å²) in [4.78, 5) is 15.0. The number of hydrogen-bond acceptors (Lipinski definition) is 6. The molecule has 276 valence electrons. The third kappa shape index (κ3) is 5.92. The van der Waals surface area contributed by atoms with Gasteiger partial charge in [-0.3, -0.25) is 0 Å². The molecular formula is C50H43N3O3. The fourth-order valence-electron chi connectivity index (χ4n) is 9.24. The number of para-hydroxylation sites is 1. The second kappa shape index (κ2) is 13.2. The zero-order chi connectivity index (χ0) is 38.1. The molecule has 6 nitrogen and oxygen atoms in total. The molecule has 2 aliphatic carbocycles. The molecule has 0 fully saturated rings. The van der Waals surface area contributed by atoms with E-state index in [0.717, 1.165) is 58.9 Å². The van der Waals surface area contributed by atoms with Crippen molar-refractivity contribution in [3.05, 3.63) is 155 Å². The van der Waals surface area contributed by atoms with Gasteiger partial charge in [0.05, 0.1) is 11.4 Å². The van der Waals surface area contributed by atoms with Gasteiger partial charge in [0.2, 0.25) is 17.5 Å². The number of ether oxygens (including phenoxy) is 1. The first kappa shape index (κ1) is 34.2. The predicted octanol–water partition coefficient (Wildman–Crippen LogP) is 12.4. The molecule has 4 aromatic heterocycles. The van der Waals surface area contributed by atoms with Crippen LogP contribution in [0, 0.1) is 5.41 Å². The first-order valence-electron chi connectivity index (χ1n) is 19.7. The minimum absolute atomic E-state index is 0.161. The van der Waals surface area contributed by atoms with Gasteiger partial charge in [-0.05, 0) is 124 Å². The van der Waals surface area contributed by atoms with Crippen molar-refractivity contribution < 1.29 is 14.3 Å². The molecule has 0 saturated heterocycles. The number of benzene rings is 4. The summed E-state index contributed by atoms with van der Waals surface area (Å²) in [6.45, 7) is 8.88. The molecule has 4 aromatic carbocycles. The molecule has 4 heterocycles. The Kier molecular flexibility index (Phi) is 8.07. The topological polar surface area (TPSA) is 81.3 Å². The fraction of sp³-hybridized carbons (Fsp3) is 0.220. The van der Waals surface area contributed by atoms with Crippen LogP contribution in [0.25, 0.3) is 55.7 Å². The Bertz CT molecular complexity index is 2780. The highest BCUT2D eigenvalue weighted by molar-refractivity contribution is 6.05. The van der Waals surface area contributed by atoms with Gasteiger partial charge in [0.25, 0.3) is 0 Å². The first-order chi connectivity index (χ1) is 27.2. The van der Waals surface area contributed by atoms with E-state index >= 15 is 0 Å². The second-order valence-corrected chi connectivity index (χ2v) is 16.4. The van der Waals surface area contributed by atoms with E-state index in [0.29, 0.717) is 40.6 Å². The van der Waals surface area contributed by atoms with E-state index in [9.17, 15) is 5.11 Å². The molecule has 2 aliphatic rings. The summed E-state index contributed by atoms with van der Waals surface area (Å²) in [6, 6.07) is 41.1. The normalized spacial score (nSPS) is 14.3. The van der Waals surface area contributed by atoms with Crippen molar-refractivity contribution in [3.63, 3.8) is 0 Å². The smallest absolute Gasteiger partial charge is 0.227 e. The lowest BCUT2D eigenvalue weighted by Gasteiger charge is -2.21. The number of pyridine rings is 3. The fourth-order valence-corrected chi connectivity index (χ4v) is 9.24. The summed E-state index contributed by atoms with van der Waals surface area (Å²) in [5.74, 6) is 1.58. The van der Waals surface area contributed by atoms with Crippen LogP contribution in [-0.4, -0.2) is 20.1 Å². The van der Waals surface area contributed by atoms with Gasteiger partial charge in [-0.2, -0.15) is 0 Å². The monoisotopic (exact) mass is 733 g/mol. The quantitative estimate of drug-likeness (QED) is 0.176. The maximum atomic E-state index is 10.9. The molecule has 6 heteroatoms. The number of aromatic hydroxyl groups is 1. The van der Waals surface area contributed by atoms with Crippen LogP contribution in [0.5, 0.6) is 17.5 Å². The molecule has 0 radical (unpaired) electrons. The molecule has 1 N–H and O–H groups in total. The highest BCUT2D eigenvalue weighted by Gasteiger charge is 2.43. The summed E-state index contributed by atoms with van der Waals surface area (Å²) in [5.41, 5.74) is 14.8. The summed E-state index contributed by atoms with van der Waals surface area (Å²) in [6.07, 6.45) is 4.27. The molecule has 0 unspecified atom stereocenters.